The molecule has 1 fully saturated rings. The summed E-state index contributed by atoms with van der Waals surface area (Å²) >= 11 is 0. The van der Waals surface area contributed by atoms with Crippen molar-refractivity contribution in [3.8, 4) is 0 Å². The van der Waals surface area contributed by atoms with E-state index in [9.17, 15) is 4.79 Å². The Hall–Kier alpha value is -2.24. The number of benzene rings is 1. The van der Waals surface area contributed by atoms with Crippen molar-refractivity contribution in [1.82, 2.24) is 25.5 Å². The number of nitrogens with one attached hydrogen (secondary N) is 1. The Morgan fingerprint density at radius 2 is 2.14 bits per heavy atom. The zero-order valence-corrected chi connectivity index (χ0v) is 12.8. The van der Waals surface area contributed by atoms with E-state index >= 15 is 0 Å². The smallest absolute Gasteiger partial charge is 0.227 e. The van der Waals surface area contributed by atoms with Crippen molar-refractivity contribution < 1.29 is 4.79 Å². The third kappa shape index (κ3) is 3.50. The second-order valence-electron chi connectivity index (χ2n) is 5.93. The minimum Gasteiger partial charge on any atom is -0.339 e. The lowest BCUT2D eigenvalue weighted by Crippen LogP contribution is -2.45. The van der Waals surface area contributed by atoms with Crippen LogP contribution >= 0.6 is 0 Å². The number of hydrogen-bond donors (Lipinski definition) is 1. The molecular weight excluding hydrogens is 278 g/mol. The average Bonchev–Trinajstić information content (AvgIpc) is 3.03. The number of tetrazole rings is 1. The molecule has 2 aromatic rings. The highest BCUT2D eigenvalue weighted by atomic mass is 16.2. The second-order valence-corrected chi connectivity index (χ2v) is 5.93. The highest BCUT2D eigenvalue weighted by molar-refractivity contribution is 5.79. The summed E-state index contributed by atoms with van der Waals surface area (Å²) in [5, 5.41) is 14.1. The molecule has 0 radical (unpaired) electrons. The molecule has 6 nitrogen and oxygen atoms in total. The van der Waals surface area contributed by atoms with Gasteiger partial charge in [-0.1, -0.05) is 35.0 Å². The molecular formula is C16H21N5O. The summed E-state index contributed by atoms with van der Waals surface area (Å²) in [5.41, 5.74) is 2.28. The van der Waals surface area contributed by atoms with Crippen molar-refractivity contribution in [1.29, 1.82) is 0 Å². The van der Waals surface area contributed by atoms with Gasteiger partial charge in [-0.15, -0.1) is 10.2 Å². The molecule has 0 spiro atoms. The minimum atomic E-state index is 0.185. The van der Waals surface area contributed by atoms with Gasteiger partial charge in [0, 0.05) is 19.0 Å². The first-order chi connectivity index (χ1) is 10.7. The highest BCUT2D eigenvalue weighted by Crippen LogP contribution is 2.20. The minimum absolute atomic E-state index is 0.185. The summed E-state index contributed by atoms with van der Waals surface area (Å²) in [6.07, 6.45) is 4.37. The van der Waals surface area contributed by atoms with Crippen LogP contribution in [-0.2, 0) is 17.6 Å². The van der Waals surface area contributed by atoms with Crippen LogP contribution in [0.2, 0.25) is 0 Å². The predicted molar refractivity (Wildman–Crippen MR) is 82.1 cm³/mol. The zero-order valence-electron chi connectivity index (χ0n) is 12.8. The molecule has 1 unspecified atom stereocenters. The summed E-state index contributed by atoms with van der Waals surface area (Å²) in [6, 6.07) is 8.35. The monoisotopic (exact) mass is 299 g/mol. The summed E-state index contributed by atoms with van der Waals surface area (Å²) in [6.45, 7) is 2.88. The molecule has 3 rings (SSSR count). The summed E-state index contributed by atoms with van der Waals surface area (Å²) in [7, 11) is 0. The molecule has 0 aliphatic carbocycles. The lowest BCUT2D eigenvalue weighted by molar-refractivity contribution is -0.134. The molecule has 1 aromatic carbocycles. The molecule has 1 amide bonds. The van der Waals surface area contributed by atoms with Gasteiger partial charge in [0.2, 0.25) is 5.91 Å². The number of rotatable bonds is 4. The van der Waals surface area contributed by atoms with Crippen molar-refractivity contribution in [3.63, 3.8) is 0 Å². The third-order valence-corrected chi connectivity index (χ3v) is 4.23. The fourth-order valence-electron chi connectivity index (χ4n) is 3.00. The van der Waals surface area contributed by atoms with Gasteiger partial charge >= 0.3 is 0 Å². The standard InChI is InChI=1S/C16H21N5O/c1-12-5-7-13(8-6-12)10-16(22)21-9-3-2-4-14(21)11-15-17-19-20-18-15/h5-8,14H,2-4,9-11H2,1H3,(H,17,18,19,20). The summed E-state index contributed by atoms with van der Waals surface area (Å²) < 4.78 is 0. The average molecular weight is 299 g/mol. The van der Waals surface area contributed by atoms with Crippen molar-refractivity contribution in [3.05, 3.63) is 41.2 Å². The predicted octanol–water partition coefficient (Wildman–Crippen LogP) is 1.67. The maximum Gasteiger partial charge on any atom is 0.227 e. The van der Waals surface area contributed by atoms with E-state index in [1.807, 2.05) is 17.0 Å². The van der Waals surface area contributed by atoms with E-state index in [1.165, 1.54) is 5.56 Å². The molecule has 1 N–H and O–H groups in total. The lowest BCUT2D eigenvalue weighted by atomic mass is 9.98. The first-order valence-electron chi connectivity index (χ1n) is 7.80. The number of amides is 1. The third-order valence-electron chi connectivity index (χ3n) is 4.23. The summed E-state index contributed by atoms with van der Waals surface area (Å²) in [5.74, 6) is 0.872. The first kappa shape index (κ1) is 14.7. The van der Waals surface area contributed by atoms with Crippen LogP contribution < -0.4 is 0 Å². The van der Waals surface area contributed by atoms with Crippen molar-refractivity contribution >= 4 is 5.91 Å². The van der Waals surface area contributed by atoms with Crippen LogP contribution in [-0.4, -0.2) is 44.0 Å². The largest absolute Gasteiger partial charge is 0.339 e. The number of piperidine rings is 1. The Labute approximate surface area is 129 Å². The van der Waals surface area contributed by atoms with E-state index in [-0.39, 0.29) is 11.9 Å². The number of aryl methyl sites for hydroxylation is 1. The van der Waals surface area contributed by atoms with Crippen LogP contribution in [0.1, 0.15) is 36.2 Å². The van der Waals surface area contributed by atoms with Gasteiger partial charge < -0.3 is 4.90 Å². The Morgan fingerprint density at radius 3 is 2.86 bits per heavy atom. The fraction of sp³-hybridized carbons (Fsp3) is 0.500. The molecule has 1 aliphatic heterocycles. The van der Waals surface area contributed by atoms with Crippen molar-refractivity contribution in [2.24, 2.45) is 0 Å². The molecule has 1 aromatic heterocycles. The SMILES string of the molecule is Cc1ccc(CC(=O)N2CCCCC2Cc2nn[nH]n2)cc1. The maximum absolute atomic E-state index is 12.7. The van der Waals surface area contributed by atoms with Crippen LogP contribution in [0.25, 0.3) is 0 Å². The number of likely N-dealkylation sites (tertiary alicyclic amines) is 1. The Bertz CT molecular complexity index is 608. The molecule has 0 bridgehead atoms. The Balaban J connectivity index is 1.66. The van der Waals surface area contributed by atoms with E-state index in [0.29, 0.717) is 18.7 Å². The molecule has 1 aliphatic rings. The number of hydrogen-bond acceptors (Lipinski definition) is 4. The van der Waals surface area contributed by atoms with Gasteiger partial charge in [0.1, 0.15) is 0 Å². The van der Waals surface area contributed by atoms with E-state index in [2.05, 4.69) is 39.7 Å². The number of carbonyl (C=O) groups is 1. The highest BCUT2D eigenvalue weighted by Gasteiger charge is 2.27. The molecule has 6 heteroatoms. The van der Waals surface area contributed by atoms with E-state index in [1.54, 1.807) is 0 Å². The topological polar surface area (TPSA) is 74.8 Å². The van der Waals surface area contributed by atoms with Crippen LogP contribution in [0.15, 0.2) is 24.3 Å². The normalized spacial score (nSPS) is 18.4. The molecule has 1 atom stereocenters. The van der Waals surface area contributed by atoms with E-state index in [0.717, 1.165) is 31.4 Å². The molecule has 116 valence electrons. The number of aromatic nitrogens is 4. The molecule has 22 heavy (non-hydrogen) atoms. The van der Waals surface area contributed by atoms with Gasteiger partial charge in [-0.3, -0.25) is 4.79 Å². The van der Waals surface area contributed by atoms with Crippen molar-refractivity contribution in [2.75, 3.05) is 6.54 Å². The van der Waals surface area contributed by atoms with E-state index < -0.39 is 0 Å². The fourth-order valence-corrected chi connectivity index (χ4v) is 3.00. The summed E-state index contributed by atoms with van der Waals surface area (Å²) in [4.78, 5) is 14.7. The van der Waals surface area contributed by atoms with Gasteiger partial charge in [-0.2, -0.15) is 5.21 Å². The van der Waals surface area contributed by atoms with Gasteiger partial charge in [-0.05, 0) is 31.7 Å². The first-order valence-corrected chi connectivity index (χ1v) is 7.80. The molecule has 2 heterocycles. The Kier molecular flexibility index (Phi) is 4.46. The number of H-pyrrole nitrogens is 1. The second kappa shape index (κ2) is 6.68. The number of nitrogens with zero attached hydrogens (tertiary/aromatic N) is 4. The zero-order chi connectivity index (χ0) is 15.4. The number of carbonyl (C=O) groups excluding carboxylic acids is 1. The quantitative estimate of drug-likeness (QED) is 0.932. The molecule has 1 saturated heterocycles. The van der Waals surface area contributed by atoms with Gasteiger partial charge in [0.15, 0.2) is 5.82 Å². The van der Waals surface area contributed by atoms with Crippen LogP contribution in [0.4, 0.5) is 0 Å². The van der Waals surface area contributed by atoms with Gasteiger partial charge in [-0.25, -0.2) is 0 Å². The van der Waals surface area contributed by atoms with Gasteiger partial charge in [0.05, 0.1) is 6.42 Å². The molecule has 0 saturated carbocycles. The maximum atomic E-state index is 12.7. The number of aromatic amines is 1. The van der Waals surface area contributed by atoms with Crippen LogP contribution in [0.3, 0.4) is 0 Å². The lowest BCUT2D eigenvalue weighted by Gasteiger charge is -2.35. The van der Waals surface area contributed by atoms with Crippen molar-refractivity contribution in [2.45, 2.75) is 45.1 Å². The van der Waals surface area contributed by atoms with E-state index in [4.69, 9.17) is 0 Å². The van der Waals surface area contributed by atoms with Gasteiger partial charge in [0.25, 0.3) is 0 Å². The van der Waals surface area contributed by atoms with Crippen LogP contribution in [0.5, 0.6) is 0 Å². The Morgan fingerprint density at radius 1 is 1.32 bits per heavy atom. The van der Waals surface area contributed by atoms with Crippen LogP contribution in [0, 0.1) is 6.92 Å².